The fourth-order valence-electron chi connectivity index (χ4n) is 2.63. The first-order chi connectivity index (χ1) is 11.9. The summed E-state index contributed by atoms with van der Waals surface area (Å²) in [7, 11) is -3.24. The van der Waals surface area contributed by atoms with E-state index in [1.807, 2.05) is 24.3 Å². The highest BCUT2D eigenvalue weighted by atomic mass is 35.5. The van der Waals surface area contributed by atoms with Gasteiger partial charge in [-0.3, -0.25) is 0 Å². The minimum atomic E-state index is -3.24. The zero-order chi connectivity index (χ0) is 17.6. The summed E-state index contributed by atoms with van der Waals surface area (Å²) < 4.78 is 25.1. The maximum Gasteiger partial charge on any atom is 0.213 e. The fraction of sp³-hybridized carbons (Fsp3) is 0.0588. The molecule has 25 heavy (non-hydrogen) atoms. The van der Waals surface area contributed by atoms with Crippen molar-refractivity contribution < 1.29 is 8.42 Å². The summed E-state index contributed by atoms with van der Waals surface area (Å²) in [5.74, 6) is 0. The maximum absolute atomic E-state index is 11.7. The summed E-state index contributed by atoms with van der Waals surface area (Å²) in [4.78, 5) is 6.29. The fourth-order valence-corrected chi connectivity index (χ4v) is 4.50. The summed E-state index contributed by atoms with van der Waals surface area (Å²) in [5.41, 5.74) is 2.69. The van der Waals surface area contributed by atoms with Gasteiger partial charge in [0.15, 0.2) is 9.84 Å². The van der Waals surface area contributed by atoms with Crippen LogP contribution >= 0.6 is 22.9 Å². The lowest BCUT2D eigenvalue weighted by molar-refractivity contribution is 0.602. The Bertz CT molecular complexity index is 1180. The van der Waals surface area contributed by atoms with E-state index in [-0.39, 0.29) is 4.90 Å². The third-order valence-corrected chi connectivity index (χ3v) is 6.24. The minimum Gasteiger partial charge on any atom is -0.224 e. The van der Waals surface area contributed by atoms with Gasteiger partial charge in [-0.05, 0) is 29.8 Å². The van der Waals surface area contributed by atoms with Gasteiger partial charge in [0.1, 0.15) is 6.33 Å². The Hall–Kier alpha value is -2.22. The number of hydrogen-bond acceptors (Lipinski definition) is 5. The van der Waals surface area contributed by atoms with Crippen LogP contribution in [-0.4, -0.2) is 29.3 Å². The zero-order valence-corrected chi connectivity index (χ0v) is 15.4. The molecule has 126 valence electrons. The highest BCUT2D eigenvalue weighted by molar-refractivity contribution is 7.90. The molecule has 0 aliphatic carbocycles. The van der Waals surface area contributed by atoms with E-state index in [2.05, 4.69) is 10.1 Å². The molecule has 0 aliphatic heterocycles. The average Bonchev–Trinajstić information content (AvgIpc) is 3.15. The Labute approximate surface area is 153 Å². The van der Waals surface area contributed by atoms with Gasteiger partial charge in [0.05, 0.1) is 15.5 Å². The van der Waals surface area contributed by atoms with E-state index in [9.17, 15) is 8.42 Å². The Balaban J connectivity index is 1.94. The van der Waals surface area contributed by atoms with E-state index in [4.69, 9.17) is 11.6 Å². The Morgan fingerprint density at radius 3 is 2.52 bits per heavy atom. The van der Waals surface area contributed by atoms with Crippen LogP contribution in [0.5, 0.6) is 0 Å². The number of sulfone groups is 1. The maximum atomic E-state index is 11.7. The number of fused-ring (bicyclic) bond motifs is 1. The molecule has 0 atom stereocenters. The molecule has 2 heterocycles. The monoisotopic (exact) mass is 389 g/mol. The smallest absolute Gasteiger partial charge is 0.213 e. The summed E-state index contributed by atoms with van der Waals surface area (Å²) in [5, 5.41) is 4.95. The van der Waals surface area contributed by atoms with Crippen LogP contribution in [0.2, 0.25) is 5.02 Å². The van der Waals surface area contributed by atoms with Crippen LogP contribution < -0.4 is 0 Å². The normalized spacial score (nSPS) is 11.9. The van der Waals surface area contributed by atoms with E-state index in [1.165, 1.54) is 23.9 Å². The van der Waals surface area contributed by atoms with Crippen molar-refractivity contribution in [1.82, 2.24) is 14.6 Å². The minimum absolute atomic E-state index is 0.283. The average molecular weight is 390 g/mol. The molecule has 0 radical (unpaired) electrons. The molecule has 2 aromatic heterocycles. The predicted molar refractivity (Wildman–Crippen MR) is 99.9 cm³/mol. The number of aromatic nitrogens is 3. The van der Waals surface area contributed by atoms with E-state index in [1.54, 1.807) is 28.8 Å². The second kappa shape index (κ2) is 5.94. The first kappa shape index (κ1) is 16.3. The van der Waals surface area contributed by atoms with Crippen molar-refractivity contribution in [2.75, 3.05) is 6.26 Å². The largest absolute Gasteiger partial charge is 0.224 e. The number of thiazole rings is 1. The van der Waals surface area contributed by atoms with Gasteiger partial charge in [-0.25, -0.2) is 17.9 Å². The van der Waals surface area contributed by atoms with Crippen molar-refractivity contribution in [2.24, 2.45) is 0 Å². The molecule has 0 amide bonds. The molecule has 4 aromatic rings. The van der Waals surface area contributed by atoms with Crippen molar-refractivity contribution in [3.8, 4) is 21.7 Å². The first-order valence-electron chi connectivity index (χ1n) is 7.32. The first-order valence-corrected chi connectivity index (χ1v) is 10.4. The number of halogens is 1. The van der Waals surface area contributed by atoms with Crippen LogP contribution in [0.3, 0.4) is 0 Å². The Morgan fingerprint density at radius 1 is 1.08 bits per heavy atom. The zero-order valence-electron chi connectivity index (χ0n) is 13.0. The number of benzene rings is 2. The molecule has 0 saturated carbocycles. The van der Waals surface area contributed by atoms with E-state index in [0.29, 0.717) is 5.02 Å². The van der Waals surface area contributed by atoms with Crippen molar-refractivity contribution in [3.63, 3.8) is 0 Å². The molecule has 5 nitrogen and oxygen atoms in total. The predicted octanol–water partition coefficient (Wildman–Crippen LogP) is 4.18. The molecule has 2 aromatic carbocycles. The van der Waals surface area contributed by atoms with Crippen molar-refractivity contribution in [2.45, 2.75) is 4.90 Å². The topological polar surface area (TPSA) is 64.3 Å². The summed E-state index contributed by atoms with van der Waals surface area (Å²) >= 11 is 7.65. The van der Waals surface area contributed by atoms with Crippen LogP contribution in [-0.2, 0) is 9.84 Å². The van der Waals surface area contributed by atoms with Crippen LogP contribution in [0.1, 0.15) is 0 Å². The molecule has 0 unspecified atom stereocenters. The number of nitrogens with zero attached hydrogens (tertiary/aromatic N) is 3. The van der Waals surface area contributed by atoms with Gasteiger partial charge in [-0.1, -0.05) is 47.2 Å². The number of hydrogen-bond donors (Lipinski definition) is 0. The Kier molecular flexibility index (Phi) is 3.87. The van der Waals surface area contributed by atoms with Crippen LogP contribution in [0.25, 0.3) is 26.7 Å². The molecule has 0 saturated heterocycles. The van der Waals surface area contributed by atoms with Gasteiger partial charge in [-0.2, -0.15) is 5.10 Å². The van der Waals surface area contributed by atoms with Crippen LogP contribution in [0.15, 0.2) is 59.8 Å². The van der Waals surface area contributed by atoms with Crippen molar-refractivity contribution in [1.29, 1.82) is 0 Å². The highest BCUT2D eigenvalue weighted by Crippen LogP contribution is 2.39. The molecule has 0 aliphatic rings. The van der Waals surface area contributed by atoms with Crippen LogP contribution in [0, 0.1) is 0 Å². The highest BCUT2D eigenvalue weighted by Gasteiger charge is 2.18. The SMILES string of the molecule is CS(=O)(=O)c1ccc(-c2c(-c3cccc(Cl)c3)sc3ncnn23)cc1. The quantitative estimate of drug-likeness (QED) is 0.527. The molecule has 0 N–H and O–H groups in total. The molecular weight excluding hydrogens is 378 g/mol. The Morgan fingerprint density at radius 2 is 1.84 bits per heavy atom. The van der Waals surface area contributed by atoms with E-state index >= 15 is 0 Å². The third kappa shape index (κ3) is 2.95. The van der Waals surface area contributed by atoms with Crippen molar-refractivity contribution >= 4 is 37.7 Å². The van der Waals surface area contributed by atoms with Gasteiger partial charge in [0.2, 0.25) is 4.96 Å². The van der Waals surface area contributed by atoms with E-state index < -0.39 is 9.84 Å². The summed E-state index contributed by atoms with van der Waals surface area (Å²) in [6.45, 7) is 0. The van der Waals surface area contributed by atoms with Gasteiger partial charge in [0.25, 0.3) is 0 Å². The second-order valence-corrected chi connectivity index (χ2v) is 8.97. The van der Waals surface area contributed by atoms with Gasteiger partial charge in [0, 0.05) is 16.8 Å². The second-order valence-electron chi connectivity index (χ2n) is 5.54. The summed E-state index contributed by atoms with van der Waals surface area (Å²) in [6.07, 6.45) is 2.70. The standard InChI is InChI=1S/C17H12ClN3O2S2/c1-25(22,23)14-7-5-11(6-8-14)15-16(12-3-2-4-13(18)9-12)24-17-19-10-20-21(15)17/h2-10H,1H3. The molecular formula is C17H12ClN3O2S2. The van der Waals surface area contributed by atoms with Crippen molar-refractivity contribution in [3.05, 3.63) is 59.9 Å². The molecule has 8 heteroatoms. The lowest BCUT2D eigenvalue weighted by Gasteiger charge is -2.06. The number of rotatable bonds is 3. The van der Waals surface area contributed by atoms with Gasteiger partial charge >= 0.3 is 0 Å². The molecule has 0 spiro atoms. The lowest BCUT2D eigenvalue weighted by Crippen LogP contribution is -1.97. The van der Waals surface area contributed by atoms with Gasteiger partial charge < -0.3 is 0 Å². The van der Waals surface area contributed by atoms with E-state index in [0.717, 1.165) is 26.7 Å². The summed E-state index contributed by atoms with van der Waals surface area (Å²) in [6, 6.07) is 14.4. The molecule has 4 rings (SSSR count). The van der Waals surface area contributed by atoms with Crippen LogP contribution in [0.4, 0.5) is 0 Å². The molecule has 0 fully saturated rings. The third-order valence-electron chi connectivity index (χ3n) is 3.78. The van der Waals surface area contributed by atoms with Gasteiger partial charge in [-0.15, -0.1) is 0 Å². The molecule has 0 bridgehead atoms. The lowest BCUT2D eigenvalue weighted by atomic mass is 10.1.